The topological polar surface area (TPSA) is 518 Å². The number of rotatable bonds is 12. The van der Waals surface area contributed by atoms with E-state index in [1.807, 2.05) is 0 Å². The van der Waals surface area contributed by atoms with E-state index in [0.29, 0.717) is 45.6 Å². The Hall–Kier alpha value is -5.26. The van der Waals surface area contributed by atoms with Gasteiger partial charge in [0.15, 0.2) is 0 Å². The quantitative estimate of drug-likeness (QED) is 0.0669. The van der Waals surface area contributed by atoms with Gasteiger partial charge >= 0.3 is 74.2 Å². The number of nitrogens with zero attached hydrogens (tertiary/aromatic N) is 8. The van der Waals surface area contributed by atoms with Crippen LogP contribution < -0.4 is 41.5 Å². The van der Waals surface area contributed by atoms with Gasteiger partial charge in [-0.15, -0.1) is 0 Å². The SMILES string of the molecule is COC([O-])(c1ccccn1)c1ccccn1.COC([O-])(c1ccccn1)c1ccccn1.COC([O-])(c1ccccn1)c1ccccn1.COC([O-])(c1ccccn1)c1ccccn1.[O-2].[O-2].[O-2].[O-2].[O][O-].[O][O-].[O][O-].[O][O-].[V+4].[V+4].[V+4].[V+4]. The molecule has 8 aromatic heterocycles. The minimum absolute atomic E-state index is 0. The van der Waals surface area contributed by atoms with Crippen LogP contribution in [0.5, 0.6) is 0 Å². The molecule has 0 aliphatic rings. The van der Waals surface area contributed by atoms with Crippen LogP contribution >= 0.6 is 0 Å². The van der Waals surface area contributed by atoms with E-state index in [4.69, 9.17) is 61.0 Å². The second-order valence-electron chi connectivity index (χ2n) is 13.0. The van der Waals surface area contributed by atoms with Crippen molar-refractivity contribution in [1.82, 2.24) is 39.9 Å². The fourth-order valence-electron chi connectivity index (χ4n) is 5.82. The second-order valence-corrected chi connectivity index (χ2v) is 13.0. The van der Waals surface area contributed by atoms with Crippen LogP contribution in [-0.2, 0) is 159 Å². The Morgan fingerprint density at radius 1 is 0.250 bits per heavy atom. The maximum absolute atomic E-state index is 12.5. The van der Waals surface area contributed by atoms with Crippen molar-refractivity contribution in [2.45, 2.75) is 23.1 Å². The number of ether oxygens (including phenoxy) is 4. The largest absolute Gasteiger partial charge is 4.00 e. The Labute approximate surface area is 506 Å². The Morgan fingerprint density at radius 3 is 0.412 bits per heavy atom. The van der Waals surface area contributed by atoms with E-state index in [2.05, 4.69) is 39.9 Å². The first-order chi connectivity index (χ1) is 35.1. The number of hydrogen-bond donors (Lipinski definition) is 0. The molecule has 0 saturated heterocycles. The molecule has 0 unspecified atom stereocenters. The van der Waals surface area contributed by atoms with Gasteiger partial charge in [0.2, 0.25) is 0 Å². The van der Waals surface area contributed by atoms with Gasteiger partial charge in [-0.3, -0.25) is 39.9 Å². The van der Waals surface area contributed by atoms with Crippen LogP contribution in [0, 0.1) is 0 Å². The molecule has 32 heteroatoms. The molecule has 80 heavy (non-hydrogen) atoms. The molecule has 0 amide bonds. The van der Waals surface area contributed by atoms with Crippen molar-refractivity contribution in [2.24, 2.45) is 0 Å². The molecule has 416 valence electrons. The summed E-state index contributed by atoms with van der Waals surface area (Å²) in [7, 11) is 5.43. The molecule has 8 heterocycles. The predicted octanol–water partition coefficient (Wildman–Crippen LogP) is -2.98. The van der Waals surface area contributed by atoms with Gasteiger partial charge < -0.3 is 103 Å². The Bertz CT molecular complexity index is 2030. The van der Waals surface area contributed by atoms with Crippen LogP contribution in [0.4, 0.5) is 0 Å². The van der Waals surface area contributed by atoms with E-state index in [0.717, 1.165) is 0 Å². The summed E-state index contributed by atoms with van der Waals surface area (Å²) >= 11 is 0. The van der Waals surface area contributed by atoms with E-state index in [1.165, 1.54) is 28.4 Å². The molecule has 0 aliphatic carbocycles. The first kappa shape index (κ1) is 91.2. The second kappa shape index (κ2) is 51.9. The van der Waals surface area contributed by atoms with Crippen LogP contribution in [0.25, 0.3) is 0 Å². The first-order valence-electron chi connectivity index (χ1n) is 20.1. The number of aromatic nitrogens is 8. The summed E-state index contributed by atoms with van der Waals surface area (Å²) in [5.74, 6) is -7.38. The maximum Gasteiger partial charge on any atom is 4.00 e. The fraction of sp³-hybridized carbons (Fsp3) is 0.167. The zero-order valence-electron chi connectivity index (χ0n) is 42.0. The van der Waals surface area contributed by atoms with Crippen LogP contribution in [0.15, 0.2) is 195 Å². The van der Waals surface area contributed by atoms with E-state index in [1.54, 1.807) is 195 Å². The van der Waals surface area contributed by atoms with Gasteiger partial charge in [0.1, 0.15) is 0 Å². The number of pyridine rings is 8. The molecule has 28 nitrogen and oxygen atoms in total. The third-order valence-corrected chi connectivity index (χ3v) is 9.17. The summed E-state index contributed by atoms with van der Waals surface area (Å²) in [6.07, 6.45) is 12.5. The molecule has 8 radical (unpaired) electrons. The smallest absolute Gasteiger partial charge is 2.00 e. The summed E-state index contributed by atoms with van der Waals surface area (Å²) in [6, 6.07) is 41.0. The standard InChI is InChI=1S/4C12H11N2O2.4O2.4O.4V/c4*1-16-12(15,10-6-2-4-8-13-10)11-7-3-5-9-14-11;4*1-2;;;;;;;;/h4*2-9H,1H3;;;;;;;;;;;;/q8*-1;4*-2;4*+4. The van der Waals surface area contributed by atoms with Crippen molar-refractivity contribution in [3.8, 4) is 0 Å². The molecule has 0 spiro atoms. The molecular formula is C48H44N8O20V4. The van der Waals surface area contributed by atoms with Crippen molar-refractivity contribution in [3.63, 3.8) is 0 Å². The van der Waals surface area contributed by atoms with Crippen molar-refractivity contribution >= 4 is 0 Å². The Kier molecular flexibility index (Phi) is 59.1. The zero-order valence-corrected chi connectivity index (χ0v) is 47.6. The molecule has 0 aromatic carbocycles. The van der Waals surface area contributed by atoms with Gasteiger partial charge in [0.05, 0.1) is 68.7 Å². The first-order valence-corrected chi connectivity index (χ1v) is 20.1. The van der Waals surface area contributed by atoms with Crippen molar-refractivity contribution in [2.75, 3.05) is 28.4 Å². The molecule has 0 atom stereocenters. The molecule has 8 aromatic rings. The van der Waals surface area contributed by atoms with Gasteiger partial charge in [-0.25, -0.2) is 0 Å². The monoisotopic (exact) mass is 1260 g/mol. The Balaban J connectivity index is -0.000000134. The zero-order chi connectivity index (χ0) is 53.7. The summed E-state index contributed by atoms with van der Waals surface area (Å²) < 4.78 is 20.1. The minimum atomic E-state index is -1.84. The summed E-state index contributed by atoms with van der Waals surface area (Å²) in [4.78, 5) is 32.2. The molecular weight excluding hydrogens is 1210 g/mol. The van der Waals surface area contributed by atoms with Crippen molar-refractivity contribution in [1.29, 1.82) is 0 Å². The average Bonchev–Trinajstić information content (AvgIpc) is 3.50. The Morgan fingerprint density at radius 2 is 0.350 bits per heavy atom. The number of methoxy groups -OCH3 is 4. The summed E-state index contributed by atoms with van der Waals surface area (Å²) in [5, 5.41) is 106. The molecule has 8 rings (SSSR count). The molecule has 0 aliphatic heterocycles. The van der Waals surface area contributed by atoms with Crippen LogP contribution in [0.1, 0.15) is 45.6 Å². The van der Waals surface area contributed by atoms with Gasteiger partial charge in [-0.05, 0) is 97.1 Å². The van der Waals surface area contributed by atoms with Gasteiger partial charge in [-0.1, -0.05) is 48.5 Å². The van der Waals surface area contributed by atoms with Crippen molar-refractivity contribution < 1.29 is 178 Å². The van der Waals surface area contributed by atoms with Gasteiger partial charge in [-0.2, -0.15) is 0 Å². The number of hydrogen-bond acceptors (Lipinski definition) is 20. The van der Waals surface area contributed by atoms with E-state index in [-0.39, 0.29) is 96.1 Å². The van der Waals surface area contributed by atoms with Gasteiger partial charge in [0.25, 0.3) is 0 Å². The molecule has 0 fully saturated rings. The predicted molar refractivity (Wildman–Crippen MR) is 231 cm³/mol. The van der Waals surface area contributed by atoms with E-state index in [9.17, 15) is 20.4 Å². The van der Waals surface area contributed by atoms with E-state index < -0.39 is 23.1 Å². The average molecular weight is 1260 g/mol. The van der Waals surface area contributed by atoms with Gasteiger partial charge in [0, 0.05) is 78.0 Å². The third-order valence-electron chi connectivity index (χ3n) is 9.17. The third kappa shape index (κ3) is 26.6. The minimum Gasteiger partial charge on any atom is -2.00 e. The summed E-state index contributed by atoms with van der Waals surface area (Å²) in [5.41, 5.74) is 2.42. The van der Waals surface area contributed by atoms with Crippen LogP contribution in [0.3, 0.4) is 0 Å². The van der Waals surface area contributed by atoms with Crippen molar-refractivity contribution in [3.05, 3.63) is 241 Å². The molecule has 0 N–H and O–H groups in total. The molecule has 0 saturated carbocycles. The van der Waals surface area contributed by atoms with Crippen LogP contribution in [-0.4, -0.2) is 68.3 Å². The van der Waals surface area contributed by atoms with E-state index >= 15 is 0 Å². The maximum atomic E-state index is 12.5. The molecule has 0 bridgehead atoms. The fourth-order valence-corrected chi connectivity index (χ4v) is 5.82. The normalized spacial score (nSPS) is 9.40. The summed E-state index contributed by atoms with van der Waals surface area (Å²) in [6.45, 7) is 0. The van der Waals surface area contributed by atoms with Crippen LogP contribution in [0.2, 0.25) is 0 Å².